The zero-order valence-corrected chi connectivity index (χ0v) is 13.4. The maximum absolute atomic E-state index is 12.0. The van der Waals surface area contributed by atoms with Crippen LogP contribution in [0, 0.1) is 0 Å². The average Bonchev–Trinajstić information content (AvgIpc) is 2.47. The molecule has 1 N–H and O–H groups in total. The average molecular weight is 319 g/mol. The summed E-state index contributed by atoms with van der Waals surface area (Å²) in [7, 11) is 3.54. The molecule has 0 heterocycles. The molecule has 0 saturated heterocycles. The first-order valence-electron chi connectivity index (χ1n) is 6.93. The maximum atomic E-state index is 12.0. The van der Waals surface area contributed by atoms with Crippen LogP contribution in [0.2, 0.25) is 5.02 Å². The second-order valence-electron chi connectivity index (χ2n) is 5.08. The lowest BCUT2D eigenvalue weighted by Gasteiger charge is -2.16. The van der Waals surface area contributed by atoms with E-state index in [0.717, 1.165) is 11.3 Å². The summed E-state index contributed by atoms with van der Waals surface area (Å²) in [6.45, 7) is 0.992. The Morgan fingerprint density at radius 1 is 1.23 bits per heavy atom. The van der Waals surface area contributed by atoms with E-state index in [0.29, 0.717) is 23.8 Å². The highest BCUT2D eigenvalue weighted by Gasteiger charge is 2.08. The number of rotatable bonds is 6. The molecule has 0 aliphatic heterocycles. The summed E-state index contributed by atoms with van der Waals surface area (Å²) in [5, 5.41) is 3.43. The molecule has 1 amide bonds. The summed E-state index contributed by atoms with van der Waals surface area (Å²) in [4.78, 5) is 14.0. The fourth-order valence-electron chi connectivity index (χ4n) is 2.11. The molecule has 5 heteroatoms. The number of hydrogen-bond donors (Lipinski definition) is 1. The van der Waals surface area contributed by atoms with Gasteiger partial charge < -0.3 is 10.1 Å². The van der Waals surface area contributed by atoms with Crippen molar-refractivity contribution < 1.29 is 9.53 Å². The van der Waals surface area contributed by atoms with Crippen LogP contribution in [0.3, 0.4) is 0 Å². The maximum Gasteiger partial charge on any atom is 0.238 e. The number of likely N-dealkylation sites (N-methyl/N-ethyl adjacent to an activating group) is 1. The summed E-state index contributed by atoms with van der Waals surface area (Å²) < 4.78 is 5.13. The van der Waals surface area contributed by atoms with Gasteiger partial charge in [-0.15, -0.1) is 0 Å². The van der Waals surface area contributed by atoms with Gasteiger partial charge in [0.25, 0.3) is 0 Å². The number of anilines is 1. The van der Waals surface area contributed by atoms with Gasteiger partial charge in [-0.3, -0.25) is 9.69 Å². The van der Waals surface area contributed by atoms with Crippen molar-refractivity contribution in [1.29, 1.82) is 0 Å². The van der Waals surface area contributed by atoms with Crippen LogP contribution in [0.4, 0.5) is 5.69 Å². The molecule has 22 heavy (non-hydrogen) atoms. The zero-order valence-electron chi connectivity index (χ0n) is 12.7. The molecule has 0 aromatic heterocycles. The minimum atomic E-state index is -0.0710. The van der Waals surface area contributed by atoms with E-state index in [1.807, 2.05) is 42.3 Å². The van der Waals surface area contributed by atoms with Crippen LogP contribution >= 0.6 is 11.6 Å². The van der Waals surface area contributed by atoms with Gasteiger partial charge in [-0.05, 0) is 42.9 Å². The van der Waals surface area contributed by atoms with Crippen molar-refractivity contribution in [3.05, 3.63) is 59.1 Å². The quantitative estimate of drug-likeness (QED) is 0.887. The summed E-state index contributed by atoms with van der Waals surface area (Å²) in [6.07, 6.45) is 0. The predicted octanol–water partition coefficient (Wildman–Crippen LogP) is 3.42. The van der Waals surface area contributed by atoms with Gasteiger partial charge in [0.15, 0.2) is 0 Å². The van der Waals surface area contributed by atoms with E-state index >= 15 is 0 Å². The van der Waals surface area contributed by atoms with Crippen LogP contribution < -0.4 is 10.1 Å². The molecule has 0 aliphatic carbocycles. The zero-order chi connectivity index (χ0) is 15.9. The second kappa shape index (κ2) is 7.82. The molecular weight excluding hydrogens is 300 g/mol. The number of benzene rings is 2. The van der Waals surface area contributed by atoms with Gasteiger partial charge in [-0.2, -0.15) is 0 Å². The first-order chi connectivity index (χ1) is 10.6. The second-order valence-corrected chi connectivity index (χ2v) is 5.52. The van der Waals surface area contributed by atoms with E-state index in [-0.39, 0.29) is 5.91 Å². The van der Waals surface area contributed by atoms with Crippen LogP contribution in [0.25, 0.3) is 0 Å². The van der Waals surface area contributed by atoms with E-state index in [9.17, 15) is 4.79 Å². The van der Waals surface area contributed by atoms with Crippen LogP contribution in [0.5, 0.6) is 5.75 Å². The molecule has 0 spiro atoms. The summed E-state index contributed by atoms with van der Waals surface area (Å²) in [6, 6.07) is 14.9. The number of carbonyl (C=O) groups excluding carboxylic acids is 1. The standard InChI is InChI=1S/C17H19ClN2O2/c1-20(11-13-6-8-16(22-2)9-7-13)12-17(21)19-15-5-3-4-14(18)10-15/h3-10H,11-12H2,1-2H3,(H,19,21). The lowest BCUT2D eigenvalue weighted by molar-refractivity contribution is -0.117. The molecular formula is C17H19ClN2O2. The molecule has 0 bridgehead atoms. The van der Waals surface area contributed by atoms with Crippen molar-refractivity contribution in [2.24, 2.45) is 0 Å². The third-order valence-electron chi connectivity index (χ3n) is 3.13. The van der Waals surface area contributed by atoms with E-state index < -0.39 is 0 Å². The summed E-state index contributed by atoms with van der Waals surface area (Å²) in [5.41, 5.74) is 1.83. The minimum absolute atomic E-state index is 0.0710. The molecule has 2 aromatic carbocycles. The third-order valence-corrected chi connectivity index (χ3v) is 3.37. The van der Waals surface area contributed by atoms with Crippen molar-refractivity contribution in [3.8, 4) is 5.75 Å². The van der Waals surface area contributed by atoms with E-state index in [4.69, 9.17) is 16.3 Å². The van der Waals surface area contributed by atoms with Gasteiger partial charge in [0.1, 0.15) is 5.75 Å². The van der Waals surface area contributed by atoms with Crippen LogP contribution in [0.1, 0.15) is 5.56 Å². The molecule has 4 nitrogen and oxygen atoms in total. The van der Waals surface area contributed by atoms with Gasteiger partial charge in [0.05, 0.1) is 13.7 Å². The van der Waals surface area contributed by atoms with E-state index in [2.05, 4.69) is 5.32 Å². The first-order valence-corrected chi connectivity index (χ1v) is 7.31. The molecule has 2 aromatic rings. The molecule has 0 unspecified atom stereocenters. The highest BCUT2D eigenvalue weighted by Crippen LogP contribution is 2.15. The number of methoxy groups -OCH3 is 1. The Balaban J connectivity index is 1.85. The normalized spacial score (nSPS) is 10.5. The van der Waals surface area contributed by atoms with E-state index in [1.54, 1.807) is 25.3 Å². The predicted molar refractivity (Wildman–Crippen MR) is 89.4 cm³/mol. The Bertz CT molecular complexity index is 629. The Morgan fingerprint density at radius 3 is 2.59 bits per heavy atom. The van der Waals surface area contributed by atoms with Crippen LogP contribution in [-0.4, -0.2) is 31.5 Å². The Morgan fingerprint density at radius 2 is 1.95 bits per heavy atom. The van der Waals surface area contributed by atoms with Crippen molar-refractivity contribution in [1.82, 2.24) is 4.90 Å². The number of ether oxygens (including phenoxy) is 1. The number of carbonyl (C=O) groups is 1. The Kier molecular flexibility index (Phi) is 5.81. The molecule has 2 rings (SSSR count). The van der Waals surface area contributed by atoms with Crippen LogP contribution in [0.15, 0.2) is 48.5 Å². The number of amides is 1. The lowest BCUT2D eigenvalue weighted by atomic mass is 10.2. The smallest absolute Gasteiger partial charge is 0.238 e. The molecule has 0 saturated carbocycles. The van der Waals surface area contributed by atoms with Gasteiger partial charge >= 0.3 is 0 Å². The topological polar surface area (TPSA) is 41.6 Å². The summed E-state index contributed by atoms with van der Waals surface area (Å²) in [5.74, 6) is 0.753. The first kappa shape index (κ1) is 16.3. The minimum Gasteiger partial charge on any atom is -0.497 e. The number of halogens is 1. The van der Waals surface area contributed by atoms with Gasteiger partial charge in [0.2, 0.25) is 5.91 Å². The monoisotopic (exact) mass is 318 g/mol. The van der Waals surface area contributed by atoms with Crippen molar-refractivity contribution in [2.45, 2.75) is 6.54 Å². The number of hydrogen-bond acceptors (Lipinski definition) is 3. The van der Waals surface area contributed by atoms with Crippen molar-refractivity contribution >= 4 is 23.2 Å². The Hall–Kier alpha value is -2.04. The molecule has 116 valence electrons. The Labute approximate surface area is 135 Å². The van der Waals surface area contributed by atoms with Crippen molar-refractivity contribution in [3.63, 3.8) is 0 Å². The molecule has 0 atom stereocenters. The highest BCUT2D eigenvalue weighted by atomic mass is 35.5. The SMILES string of the molecule is COc1ccc(CN(C)CC(=O)Nc2cccc(Cl)c2)cc1. The largest absolute Gasteiger partial charge is 0.497 e. The van der Waals surface area contributed by atoms with Gasteiger partial charge in [0, 0.05) is 17.3 Å². The van der Waals surface area contributed by atoms with Gasteiger partial charge in [-0.1, -0.05) is 29.8 Å². The van der Waals surface area contributed by atoms with Gasteiger partial charge in [-0.25, -0.2) is 0 Å². The highest BCUT2D eigenvalue weighted by molar-refractivity contribution is 6.30. The van der Waals surface area contributed by atoms with Crippen molar-refractivity contribution in [2.75, 3.05) is 26.0 Å². The number of nitrogens with zero attached hydrogens (tertiary/aromatic N) is 1. The fraction of sp³-hybridized carbons (Fsp3) is 0.235. The molecule has 0 radical (unpaired) electrons. The third kappa shape index (κ3) is 5.06. The fourth-order valence-corrected chi connectivity index (χ4v) is 2.30. The van der Waals surface area contributed by atoms with E-state index in [1.165, 1.54) is 0 Å². The lowest BCUT2D eigenvalue weighted by Crippen LogP contribution is -2.29. The molecule has 0 fully saturated rings. The molecule has 0 aliphatic rings. The number of nitrogens with one attached hydrogen (secondary N) is 1. The van der Waals surface area contributed by atoms with Crippen LogP contribution in [-0.2, 0) is 11.3 Å². The summed E-state index contributed by atoms with van der Waals surface area (Å²) >= 11 is 5.89.